The number of likely N-dealkylation sites (tertiary alicyclic amines) is 1. The lowest BCUT2D eigenvalue weighted by atomic mass is 9.90. The highest BCUT2D eigenvalue weighted by molar-refractivity contribution is 5.96. The fraction of sp³-hybridized carbons (Fsp3) is 0.333. The van der Waals surface area contributed by atoms with Gasteiger partial charge < -0.3 is 4.90 Å². The van der Waals surface area contributed by atoms with Crippen LogP contribution in [0.25, 0.3) is 0 Å². The Kier molecular flexibility index (Phi) is 5.27. The molecular formula is C21H22FNO2. The summed E-state index contributed by atoms with van der Waals surface area (Å²) < 4.78 is 13.3. The lowest BCUT2D eigenvalue weighted by Crippen LogP contribution is -2.42. The van der Waals surface area contributed by atoms with Gasteiger partial charge >= 0.3 is 0 Å². The second kappa shape index (κ2) is 7.60. The summed E-state index contributed by atoms with van der Waals surface area (Å²) in [5, 5.41) is 0. The highest BCUT2D eigenvalue weighted by Gasteiger charge is 2.29. The molecule has 1 atom stereocenters. The van der Waals surface area contributed by atoms with Crippen molar-refractivity contribution in [2.24, 2.45) is 5.92 Å². The molecule has 1 amide bonds. The number of halogens is 1. The maximum absolute atomic E-state index is 13.3. The molecule has 4 heteroatoms. The van der Waals surface area contributed by atoms with Crippen LogP contribution in [0.5, 0.6) is 0 Å². The number of hydrogen-bond acceptors (Lipinski definition) is 2. The lowest BCUT2D eigenvalue weighted by molar-refractivity contribution is -0.123. The first-order chi connectivity index (χ1) is 12.0. The highest BCUT2D eigenvalue weighted by Crippen LogP contribution is 2.22. The van der Waals surface area contributed by atoms with Gasteiger partial charge in [-0.2, -0.15) is 0 Å². The molecule has 2 aromatic rings. The number of Topliss-reactive ketones (excluding diaryl/α,β-unsaturated/α-hetero) is 1. The van der Waals surface area contributed by atoms with E-state index in [1.165, 1.54) is 18.2 Å². The van der Waals surface area contributed by atoms with Crippen molar-refractivity contribution >= 4 is 11.7 Å². The van der Waals surface area contributed by atoms with Crippen molar-refractivity contribution in [3.05, 3.63) is 71.0 Å². The Morgan fingerprint density at radius 1 is 1.16 bits per heavy atom. The second-order valence-electron chi connectivity index (χ2n) is 6.68. The smallest absolute Gasteiger partial charge is 0.254 e. The van der Waals surface area contributed by atoms with E-state index in [4.69, 9.17) is 0 Å². The first-order valence-corrected chi connectivity index (χ1v) is 8.66. The molecule has 1 fully saturated rings. The summed E-state index contributed by atoms with van der Waals surface area (Å²) in [6.07, 6.45) is 2.04. The van der Waals surface area contributed by atoms with Crippen LogP contribution in [-0.4, -0.2) is 29.7 Å². The largest absolute Gasteiger partial charge is 0.338 e. The zero-order valence-electron chi connectivity index (χ0n) is 14.4. The Morgan fingerprint density at radius 3 is 2.64 bits per heavy atom. The van der Waals surface area contributed by atoms with Crippen molar-refractivity contribution < 1.29 is 14.0 Å². The van der Waals surface area contributed by atoms with E-state index in [0.717, 1.165) is 18.4 Å². The number of piperidine rings is 1. The zero-order chi connectivity index (χ0) is 17.8. The number of carbonyl (C=O) groups excluding carboxylic acids is 2. The van der Waals surface area contributed by atoms with Crippen molar-refractivity contribution in [2.45, 2.75) is 26.2 Å². The Morgan fingerprint density at radius 2 is 1.92 bits per heavy atom. The summed E-state index contributed by atoms with van der Waals surface area (Å²) in [7, 11) is 0. The van der Waals surface area contributed by atoms with E-state index in [-0.39, 0.29) is 23.4 Å². The Balaban J connectivity index is 1.68. The van der Waals surface area contributed by atoms with Gasteiger partial charge in [-0.25, -0.2) is 4.39 Å². The maximum atomic E-state index is 13.3. The summed E-state index contributed by atoms with van der Waals surface area (Å²) in [6, 6.07) is 13.9. The molecule has 130 valence electrons. The quantitative estimate of drug-likeness (QED) is 0.850. The summed E-state index contributed by atoms with van der Waals surface area (Å²) >= 11 is 0. The third kappa shape index (κ3) is 4.13. The van der Waals surface area contributed by atoms with Crippen LogP contribution >= 0.6 is 0 Å². The fourth-order valence-electron chi connectivity index (χ4n) is 3.40. The summed E-state index contributed by atoms with van der Waals surface area (Å²) in [6.45, 7) is 2.82. The molecule has 0 spiro atoms. The van der Waals surface area contributed by atoms with Gasteiger partial charge in [0, 0.05) is 31.0 Å². The van der Waals surface area contributed by atoms with E-state index in [2.05, 4.69) is 0 Å². The Hall–Kier alpha value is -2.49. The molecule has 1 heterocycles. The van der Waals surface area contributed by atoms with Gasteiger partial charge in [0.2, 0.25) is 0 Å². The minimum absolute atomic E-state index is 0.116. The van der Waals surface area contributed by atoms with Crippen LogP contribution in [-0.2, 0) is 11.2 Å². The van der Waals surface area contributed by atoms with Gasteiger partial charge in [-0.15, -0.1) is 0 Å². The van der Waals surface area contributed by atoms with Crippen LogP contribution in [0.1, 0.15) is 34.3 Å². The van der Waals surface area contributed by atoms with Crippen LogP contribution in [0.2, 0.25) is 0 Å². The van der Waals surface area contributed by atoms with Crippen LogP contribution in [0.15, 0.2) is 48.5 Å². The predicted octanol–water partition coefficient (Wildman–Crippen LogP) is 3.80. The SMILES string of the molecule is Cc1cc(F)ccc1C(=O)N1CCC[C@@H](C(=O)Cc2ccccc2)C1. The number of benzene rings is 2. The third-order valence-electron chi connectivity index (χ3n) is 4.80. The van der Waals surface area contributed by atoms with Crippen molar-refractivity contribution in [3.63, 3.8) is 0 Å². The van der Waals surface area contributed by atoms with Crippen LogP contribution in [0.3, 0.4) is 0 Å². The number of rotatable bonds is 4. The van der Waals surface area contributed by atoms with Crippen molar-refractivity contribution in [1.82, 2.24) is 4.90 Å². The molecule has 0 bridgehead atoms. The topological polar surface area (TPSA) is 37.4 Å². The van der Waals surface area contributed by atoms with Crippen molar-refractivity contribution in [1.29, 1.82) is 0 Å². The average molecular weight is 339 g/mol. The number of carbonyl (C=O) groups is 2. The van der Waals surface area contributed by atoms with E-state index in [9.17, 15) is 14.0 Å². The molecule has 3 nitrogen and oxygen atoms in total. The van der Waals surface area contributed by atoms with Crippen molar-refractivity contribution in [2.75, 3.05) is 13.1 Å². The Labute approximate surface area is 147 Å². The zero-order valence-corrected chi connectivity index (χ0v) is 14.4. The normalized spacial score (nSPS) is 17.4. The van der Waals surface area contributed by atoms with E-state index < -0.39 is 0 Å². The first kappa shape index (κ1) is 17.3. The van der Waals surface area contributed by atoms with E-state index in [1.807, 2.05) is 30.3 Å². The molecule has 0 aromatic heterocycles. The minimum atomic E-state index is -0.344. The highest BCUT2D eigenvalue weighted by atomic mass is 19.1. The molecule has 0 radical (unpaired) electrons. The number of nitrogens with zero attached hydrogens (tertiary/aromatic N) is 1. The van der Waals surface area contributed by atoms with E-state index >= 15 is 0 Å². The fourth-order valence-corrected chi connectivity index (χ4v) is 3.40. The first-order valence-electron chi connectivity index (χ1n) is 8.66. The van der Waals surface area contributed by atoms with Crippen LogP contribution in [0.4, 0.5) is 4.39 Å². The molecular weight excluding hydrogens is 317 g/mol. The molecule has 0 saturated carbocycles. The lowest BCUT2D eigenvalue weighted by Gasteiger charge is -2.32. The van der Waals surface area contributed by atoms with Gasteiger partial charge in [-0.1, -0.05) is 30.3 Å². The van der Waals surface area contributed by atoms with Gasteiger partial charge in [0.05, 0.1) is 0 Å². The van der Waals surface area contributed by atoms with Gasteiger partial charge in [-0.05, 0) is 49.1 Å². The van der Waals surface area contributed by atoms with Gasteiger partial charge in [-0.3, -0.25) is 9.59 Å². The standard InChI is InChI=1S/C21H22FNO2/c1-15-12-18(22)9-10-19(15)21(25)23-11-5-8-17(14-23)20(24)13-16-6-3-2-4-7-16/h2-4,6-7,9-10,12,17H,5,8,11,13-14H2,1H3/t17-/m1/s1. The van der Waals surface area contributed by atoms with E-state index in [0.29, 0.717) is 30.6 Å². The molecule has 0 N–H and O–H groups in total. The van der Waals surface area contributed by atoms with Crippen LogP contribution < -0.4 is 0 Å². The number of aryl methyl sites for hydroxylation is 1. The number of ketones is 1. The monoisotopic (exact) mass is 339 g/mol. The molecule has 0 aliphatic carbocycles. The second-order valence-corrected chi connectivity index (χ2v) is 6.68. The third-order valence-corrected chi connectivity index (χ3v) is 4.80. The predicted molar refractivity (Wildman–Crippen MR) is 94.9 cm³/mol. The van der Waals surface area contributed by atoms with Gasteiger partial charge in [0.15, 0.2) is 0 Å². The molecule has 1 aliphatic rings. The Bertz CT molecular complexity index is 773. The maximum Gasteiger partial charge on any atom is 0.254 e. The van der Waals surface area contributed by atoms with Gasteiger partial charge in [0.1, 0.15) is 11.6 Å². The average Bonchev–Trinajstić information content (AvgIpc) is 2.62. The summed E-state index contributed by atoms with van der Waals surface area (Å²) in [4.78, 5) is 27.1. The molecule has 2 aromatic carbocycles. The number of amides is 1. The summed E-state index contributed by atoms with van der Waals surface area (Å²) in [5.41, 5.74) is 2.14. The van der Waals surface area contributed by atoms with Crippen molar-refractivity contribution in [3.8, 4) is 0 Å². The minimum Gasteiger partial charge on any atom is -0.338 e. The number of hydrogen-bond donors (Lipinski definition) is 0. The summed E-state index contributed by atoms with van der Waals surface area (Å²) in [5.74, 6) is -0.406. The van der Waals surface area contributed by atoms with E-state index in [1.54, 1.807) is 11.8 Å². The molecule has 25 heavy (non-hydrogen) atoms. The van der Waals surface area contributed by atoms with Gasteiger partial charge in [0.25, 0.3) is 5.91 Å². The molecule has 3 rings (SSSR count). The molecule has 0 unspecified atom stereocenters. The molecule has 1 aliphatic heterocycles. The van der Waals surface area contributed by atoms with Crippen LogP contribution in [0, 0.1) is 18.7 Å². The molecule has 1 saturated heterocycles.